The van der Waals surface area contributed by atoms with Crippen LogP contribution in [0.3, 0.4) is 0 Å². The van der Waals surface area contributed by atoms with Gasteiger partial charge < -0.3 is 14.8 Å². The van der Waals surface area contributed by atoms with E-state index in [4.69, 9.17) is 16.3 Å². The molecule has 1 amide bonds. The second kappa shape index (κ2) is 8.49. The highest BCUT2D eigenvalue weighted by atomic mass is 35.5. The van der Waals surface area contributed by atoms with Crippen molar-refractivity contribution in [2.75, 3.05) is 13.7 Å². The van der Waals surface area contributed by atoms with Gasteiger partial charge in [0.15, 0.2) is 11.5 Å². The minimum absolute atomic E-state index is 0.00856. The van der Waals surface area contributed by atoms with Crippen molar-refractivity contribution in [2.45, 2.75) is 13.0 Å². The molecule has 0 atom stereocenters. The summed E-state index contributed by atoms with van der Waals surface area (Å²) in [7, 11) is 1.32. The van der Waals surface area contributed by atoms with Crippen molar-refractivity contribution in [1.29, 1.82) is 0 Å². The van der Waals surface area contributed by atoms with E-state index in [-0.39, 0.29) is 17.1 Å². The van der Waals surface area contributed by atoms with Crippen molar-refractivity contribution in [1.82, 2.24) is 5.32 Å². The molecule has 0 aliphatic heterocycles. The molecule has 0 heterocycles. The second-order valence-electron chi connectivity index (χ2n) is 4.85. The Morgan fingerprint density at radius 1 is 1.21 bits per heavy atom. The fraction of sp³-hybridized carbons (Fsp3) is 0.235. The number of carbonyl (C=O) groups is 1. The Kier molecular flexibility index (Phi) is 6.37. The molecule has 0 aliphatic carbocycles. The number of halogens is 3. The summed E-state index contributed by atoms with van der Waals surface area (Å²) in [6.45, 7) is -2.71. The molecule has 128 valence electrons. The van der Waals surface area contributed by atoms with E-state index in [0.29, 0.717) is 18.0 Å². The molecule has 0 radical (unpaired) electrons. The molecule has 2 aromatic rings. The summed E-state index contributed by atoms with van der Waals surface area (Å²) in [5.74, 6) is -0.724. The van der Waals surface area contributed by atoms with Crippen LogP contribution in [0.2, 0.25) is 5.02 Å². The highest BCUT2D eigenvalue weighted by Crippen LogP contribution is 2.32. The van der Waals surface area contributed by atoms with Gasteiger partial charge in [-0.3, -0.25) is 4.79 Å². The molecular weight excluding hydrogens is 340 g/mol. The zero-order chi connectivity index (χ0) is 17.5. The molecule has 0 bridgehead atoms. The molecule has 0 spiro atoms. The van der Waals surface area contributed by atoms with Gasteiger partial charge in [-0.15, -0.1) is 0 Å². The number of carbonyl (C=O) groups excluding carboxylic acids is 1. The fourth-order valence-electron chi connectivity index (χ4n) is 2.13. The molecule has 0 saturated carbocycles. The van der Waals surface area contributed by atoms with Crippen LogP contribution in [0, 0.1) is 0 Å². The van der Waals surface area contributed by atoms with E-state index in [2.05, 4.69) is 10.1 Å². The first-order valence-electron chi connectivity index (χ1n) is 7.15. The largest absolute Gasteiger partial charge is 0.493 e. The first kappa shape index (κ1) is 18.0. The van der Waals surface area contributed by atoms with E-state index in [0.717, 1.165) is 5.56 Å². The highest BCUT2D eigenvalue weighted by Gasteiger charge is 2.19. The van der Waals surface area contributed by atoms with Crippen LogP contribution in [0.5, 0.6) is 11.5 Å². The van der Waals surface area contributed by atoms with Crippen LogP contribution in [0.15, 0.2) is 42.5 Å². The van der Waals surface area contributed by atoms with Crippen molar-refractivity contribution >= 4 is 17.5 Å². The van der Waals surface area contributed by atoms with Crippen LogP contribution < -0.4 is 14.8 Å². The highest BCUT2D eigenvalue weighted by molar-refractivity contribution is 6.30. The smallest absolute Gasteiger partial charge is 0.387 e. The molecule has 0 aliphatic rings. The van der Waals surface area contributed by atoms with Crippen LogP contribution in [-0.2, 0) is 6.42 Å². The Labute approximate surface area is 143 Å². The van der Waals surface area contributed by atoms with E-state index in [1.807, 2.05) is 12.1 Å². The van der Waals surface area contributed by atoms with Crippen LogP contribution >= 0.6 is 11.6 Å². The van der Waals surface area contributed by atoms with Gasteiger partial charge in [-0.1, -0.05) is 29.8 Å². The van der Waals surface area contributed by atoms with Gasteiger partial charge in [-0.2, -0.15) is 8.78 Å². The minimum Gasteiger partial charge on any atom is -0.493 e. The molecule has 2 rings (SSSR count). The van der Waals surface area contributed by atoms with Gasteiger partial charge in [0.05, 0.1) is 12.7 Å². The first-order chi connectivity index (χ1) is 11.5. The molecular formula is C17H16ClF2NO3. The van der Waals surface area contributed by atoms with E-state index in [1.54, 1.807) is 12.1 Å². The maximum Gasteiger partial charge on any atom is 0.387 e. The summed E-state index contributed by atoms with van der Waals surface area (Å²) in [6.07, 6.45) is 0.581. The Bertz CT molecular complexity index is 693. The molecule has 0 unspecified atom stereocenters. The quantitative estimate of drug-likeness (QED) is 0.818. The SMILES string of the molecule is COc1cccc(C(=O)NCCc2ccc(Cl)cc2)c1OC(F)F. The van der Waals surface area contributed by atoms with E-state index in [9.17, 15) is 13.6 Å². The average molecular weight is 356 g/mol. The summed E-state index contributed by atoms with van der Waals surface area (Å²) in [5, 5.41) is 3.31. The Morgan fingerprint density at radius 2 is 1.92 bits per heavy atom. The predicted octanol–water partition coefficient (Wildman–Crippen LogP) is 3.92. The van der Waals surface area contributed by atoms with Crippen LogP contribution in [0.4, 0.5) is 8.78 Å². The molecule has 24 heavy (non-hydrogen) atoms. The van der Waals surface area contributed by atoms with Gasteiger partial charge in [0.25, 0.3) is 5.91 Å². The lowest BCUT2D eigenvalue weighted by Crippen LogP contribution is -2.26. The number of methoxy groups -OCH3 is 1. The Morgan fingerprint density at radius 3 is 2.54 bits per heavy atom. The van der Waals surface area contributed by atoms with E-state index in [1.165, 1.54) is 25.3 Å². The summed E-state index contributed by atoms with van der Waals surface area (Å²) < 4.78 is 34.5. The number of hydrogen-bond acceptors (Lipinski definition) is 3. The van der Waals surface area contributed by atoms with Crippen LogP contribution in [0.25, 0.3) is 0 Å². The van der Waals surface area contributed by atoms with Gasteiger partial charge in [0, 0.05) is 11.6 Å². The lowest BCUT2D eigenvalue weighted by molar-refractivity contribution is -0.0515. The molecule has 0 aromatic heterocycles. The molecule has 4 nitrogen and oxygen atoms in total. The summed E-state index contributed by atoms with van der Waals surface area (Å²) in [5.41, 5.74) is 0.986. The zero-order valence-electron chi connectivity index (χ0n) is 12.9. The Balaban J connectivity index is 2.04. The van der Waals surface area contributed by atoms with Crippen molar-refractivity contribution in [3.8, 4) is 11.5 Å². The summed E-state index contributed by atoms with van der Waals surface area (Å²) in [6, 6.07) is 11.6. The summed E-state index contributed by atoms with van der Waals surface area (Å²) in [4.78, 5) is 12.2. The standard InChI is InChI=1S/C17H16ClF2NO3/c1-23-14-4-2-3-13(15(14)24-17(19)20)16(22)21-10-9-11-5-7-12(18)8-6-11/h2-8,17H,9-10H2,1H3,(H,21,22). The maximum absolute atomic E-state index is 12.6. The van der Waals surface area contributed by atoms with Crippen molar-refractivity contribution in [3.05, 3.63) is 58.6 Å². The van der Waals surface area contributed by atoms with E-state index >= 15 is 0 Å². The third-order valence-corrected chi connectivity index (χ3v) is 3.51. The fourth-order valence-corrected chi connectivity index (χ4v) is 2.26. The van der Waals surface area contributed by atoms with Gasteiger partial charge in [0.2, 0.25) is 0 Å². The number of alkyl halides is 2. The van der Waals surface area contributed by atoms with Gasteiger partial charge >= 0.3 is 6.61 Å². The number of rotatable bonds is 7. The topological polar surface area (TPSA) is 47.6 Å². The number of hydrogen-bond donors (Lipinski definition) is 1. The zero-order valence-corrected chi connectivity index (χ0v) is 13.6. The summed E-state index contributed by atoms with van der Waals surface area (Å²) >= 11 is 5.81. The first-order valence-corrected chi connectivity index (χ1v) is 7.53. The third-order valence-electron chi connectivity index (χ3n) is 3.26. The van der Waals surface area contributed by atoms with E-state index < -0.39 is 12.5 Å². The molecule has 2 aromatic carbocycles. The van der Waals surface area contributed by atoms with Crippen LogP contribution in [-0.4, -0.2) is 26.2 Å². The predicted molar refractivity (Wildman–Crippen MR) is 87.1 cm³/mol. The maximum atomic E-state index is 12.6. The van der Waals surface area contributed by atoms with Gasteiger partial charge in [-0.25, -0.2) is 0 Å². The average Bonchev–Trinajstić information content (AvgIpc) is 2.56. The van der Waals surface area contributed by atoms with Crippen molar-refractivity contribution < 1.29 is 23.0 Å². The second-order valence-corrected chi connectivity index (χ2v) is 5.28. The number of benzene rings is 2. The lowest BCUT2D eigenvalue weighted by atomic mass is 10.1. The molecule has 1 N–H and O–H groups in total. The minimum atomic E-state index is -3.05. The lowest BCUT2D eigenvalue weighted by Gasteiger charge is -2.14. The molecule has 7 heteroatoms. The number of ether oxygens (including phenoxy) is 2. The van der Waals surface area contributed by atoms with Gasteiger partial charge in [-0.05, 0) is 36.2 Å². The van der Waals surface area contributed by atoms with Crippen LogP contribution in [0.1, 0.15) is 15.9 Å². The number of nitrogens with one attached hydrogen (secondary N) is 1. The monoisotopic (exact) mass is 355 g/mol. The Hall–Kier alpha value is -2.34. The molecule has 0 saturated heterocycles. The van der Waals surface area contributed by atoms with Crippen molar-refractivity contribution in [2.24, 2.45) is 0 Å². The number of para-hydroxylation sites is 1. The van der Waals surface area contributed by atoms with Gasteiger partial charge in [0.1, 0.15) is 0 Å². The van der Waals surface area contributed by atoms with Crippen molar-refractivity contribution in [3.63, 3.8) is 0 Å². The third kappa shape index (κ3) is 4.83. The normalized spacial score (nSPS) is 10.5. The number of amides is 1. The molecule has 0 fully saturated rings.